The summed E-state index contributed by atoms with van der Waals surface area (Å²) in [6, 6.07) is 55.5. The number of aryl methyl sites for hydroxylation is 2. The average Bonchev–Trinajstić information content (AvgIpc) is 3.40. The molecule has 0 atom stereocenters. The van der Waals surface area contributed by atoms with Gasteiger partial charge in [0.1, 0.15) is 0 Å². The van der Waals surface area contributed by atoms with Gasteiger partial charge in [-0.2, -0.15) is 5.10 Å². The lowest BCUT2D eigenvalue weighted by Crippen LogP contribution is -2.09. The van der Waals surface area contributed by atoms with Crippen molar-refractivity contribution in [2.45, 2.75) is 13.8 Å². The molecule has 0 spiro atoms. The molecule has 0 saturated heterocycles. The number of fused-ring (bicyclic) bond motifs is 1. The zero-order valence-corrected chi connectivity index (χ0v) is 24.9. The summed E-state index contributed by atoms with van der Waals surface area (Å²) in [4.78, 5) is 2.27. The molecule has 0 N–H and O–H groups in total. The third kappa shape index (κ3) is 5.32. The highest BCUT2D eigenvalue weighted by atomic mass is 15.4. The first-order valence-corrected chi connectivity index (χ1v) is 15.0. The Kier molecular flexibility index (Phi) is 7.35. The molecule has 44 heavy (non-hydrogen) atoms. The van der Waals surface area contributed by atoms with Gasteiger partial charge in [-0.15, -0.1) is 0 Å². The predicted octanol–water partition coefficient (Wildman–Crippen LogP) is 10.9. The molecule has 7 rings (SSSR count). The molecule has 0 bridgehead atoms. The molecular formula is C41H33N3. The lowest BCUT2D eigenvalue weighted by atomic mass is 10.0. The van der Waals surface area contributed by atoms with E-state index < -0.39 is 0 Å². The summed E-state index contributed by atoms with van der Waals surface area (Å²) in [7, 11) is 0. The van der Waals surface area contributed by atoms with Crippen LogP contribution in [-0.2, 0) is 0 Å². The number of rotatable bonds is 7. The molecule has 0 radical (unpaired) electrons. The van der Waals surface area contributed by atoms with Crippen LogP contribution in [0.1, 0.15) is 16.7 Å². The number of hydrogen-bond donors (Lipinski definition) is 0. The highest BCUT2D eigenvalue weighted by Gasteiger charge is 2.20. The molecule has 1 heterocycles. The smallest absolute Gasteiger partial charge is 0.0804 e. The standard InChI is InChI=1S/C41H33N3/c1-30-13-11-15-33(27-30)40-38-21-9-10-22-39(38)41(34-16-12-14-31(2)28-34)44(40)42-29-32-23-25-37(26-24-32)43(35-17-5-3-6-18-35)36-19-7-4-8-20-36/h3-29H,1-2H3. The van der Waals surface area contributed by atoms with Crippen molar-refractivity contribution in [3.05, 3.63) is 174 Å². The third-order valence-electron chi connectivity index (χ3n) is 7.95. The van der Waals surface area contributed by atoms with E-state index in [2.05, 4.69) is 169 Å². The second kappa shape index (κ2) is 11.9. The minimum absolute atomic E-state index is 1.03. The molecule has 0 saturated carbocycles. The van der Waals surface area contributed by atoms with Crippen LogP contribution in [0.25, 0.3) is 33.3 Å². The first-order chi connectivity index (χ1) is 21.7. The van der Waals surface area contributed by atoms with Gasteiger partial charge in [0.2, 0.25) is 0 Å². The molecule has 0 aliphatic carbocycles. The summed E-state index contributed by atoms with van der Waals surface area (Å²) >= 11 is 0. The monoisotopic (exact) mass is 567 g/mol. The van der Waals surface area contributed by atoms with Crippen LogP contribution in [0.4, 0.5) is 17.1 Å². The van der Waals surface area contributed by atoms with Crippen molar-refractivity contribution in [3.8, 4) is 22.5 Å². The fraction of sp³-hybridized carbons (Fsp3) is 0.0488. The summed E-state index contributed by atoms with van der Waals surface area (Å²) in [5.41, 5.74) is 11.3. The van der Waals surface area contributed by atoms with Gasteiger partial charge in [-0.25, -0.2) is 4.68 Å². The minimum atomic E-state index is 1.03. The van der Waals surface area contributed by atoms with E-state index in [0.717, 1.165) is 45.1 Å². The van der Waals surface area contributed by atoms with Crippen LogP contribution in [0.3, 0.4) is 0 Å². The van der Waals surface area contributed by atoms with Gasteiger partial charge in [0.05, 0.1) is 17.6 Å². The number of aromatic nitrogens is 1. The van der Waals surface area contributed by atoms with E-state index in [4.69, 9.17) is 5.10 Å². The molecule has 0 unspecified atom stereocenters. The second-order valence-electron chi connectivity index (χ2n) is 11.1. The Morgan fingerprint density at radius 2 is 0.932 bits per heavy atom. The summed E-state index contributed by atoms with van der Waals surface area (Å²) in [6.45, 7) is 4.28. The van der Waals surface area contributed by atoms with E-state index in [1.54, 1.807) is 0 Å². The van der Waals surface area contributed by atoms with E-state index >= 15 is 0 Å². The lowest BCUT2D eigenvalue weighted by molar-refractivity contribution is 0.916. The van der Waals surface area contributed by atoms with Crippen molar-refractivity contribution < 1.29 is 0 Å². The Balaban J connectivity index is 1.35. The third-order valence-corrected chi connectivity index (χ3v) is 7.95. The molecule has 3 heteroatoms. The van der Waals surface area contributed by atoms with Crippen LogP contribution >= 0.6 is 0 Å². The van der Waals surface area contributed by atoms with Crippen LogP contribution in [0.2, 0.25) is 0 Å². The number of hydrogen-bond acceptors (Lipinski definition) is 2. The van der Waals surface area contributed by atoms with E-state index in [1.165, 1.54) is 21.9 Å². The van der Waals surface area contributed by atoms with Crippen LogP contribution in [-0.4, -0.2) is 10.9 Å². The molecule has 212 valence electrons. The number of nitrogens with zero attached hydrogens (tertiary/aromatic N) is 3. The maximum absolute atomic E-state index is 5.19. The SMILES string of the molecule is Cc1cccc(-c2c3ccccc3c(-c3cccc(C)c3)n2N=Cc2ccc(N(c3ccccc3)c3ccccc3)cc2)c1. The molecule has 0 aliphatic heterocycles. The van der Waals surface area contributed by atoms with Crippen LogP contribution in [0.15, 0.2) is 163 Å². The van der Waals surface area contributed by atoms with Gasteiger partial charge in [-0.1, -0.05) is 120 Å². The number of benzene rings is 6. The van der Waals surface area contributed by atoms with Gasteiger partial charge >= 0.3 is 0 Å². The summed E-state index contributed by atoms with van der Waals surface area (Å²) in [5.74, 6) is 0. The van der Waals surface area contributed by atoms with Crippen molar-refractivity contribution in [1.29, 1.82) is 0 Å². The first-order valence-electron chi connectivity index (χ1n) is 15.0. The molecular weight excluding hydrogens is 534 g/mol. The normalized spacial score (nSPS) is 11.3. The molecule has 3 nitrogen and oxygen atoms in total. The first kappa shape index (κ1) is 27.2. The minimum Gasteiger partial charge on any atom is -0.311 e. The largest absolute Gasteiger partial charge is 0.311 e. The van der Waals surface area contributed by atoms with Gasteiger partial charge in [-0.3, -0.25) is 0 Å². The number of para-hydroxylation sites is 2. The van der Waals surface area contributed by atoms with Crippen molar-refractivity contribution in [1.82, 2.24) is 4.68 Å². The van der Waals surface area contributed by atoms with Gasteiger partial charge in [0, 0.05) is 39.0 Å². The van der Waals surface area contributed by atoms with Crippen molar-refractivity contribution in [2.24, 2.45) is 5.10 Å². The fourth-order valence-electron chi connectivity index (χ4n) is 5.93. The van der Waals surface area contributed by atoms with E-state index in [-0.39, 0.29) is 0 Å². The molecule has 0 fully saturated rings. The molecule has 0 amide bonds. The Morgan fingerprint density at radius 3 is 1.41 bits per heavy atom. The van der Waals surface area contributed by atoms with E-state index in [1.807, 2.05) is 18.3 Å². The maximum Gasteiger partial charge on any atom is 0.0804 e. The Bertz CT molecular complexity index is 1950. The lowest BCUT2D eigenvalue weighted by Gasteiger charge is -2.25. The van der Waals surface area contributed by atoms with Crippen LogP contribution in [0, 0.1) is 13.8 Å². The van der Waals surface area contributed by atoms with E-state index in [9.17, 15) is 0 Å². The fourth-order valence-corrected chi connectivity index (χ4v) is 5.93. The highest BCUT2D eigenvalue weighted by Crippen LogP contribution is 2.40. The Labute approximate surface area is 259 Å². The summed E-state index contributed by atoms with van der Waals surface area (Å²) < 4.78 is 2.13. The Hall–Kier alpha value is -5.67. The van der Waals surface area contributed by atoms with Crippen molar-refractivity contribution in [3.63, 3.8) is 0 Å². The van der Waals surface area contributed by atoms with Crippen molar-refractivity contribution >= 4 is 34.0 Å². The molecule has 7 aromatic rings. The maximum atomic E-state index is 5.19. The van der Waals surface area contributed by atoms with Crippen LogP contribution in [0.5, 0.6) is 0 Å². The highest BCUT2D eigenvalue weighted by molar-refractivity contribution is 6.05. The second-order valence-corrected chi connectivity index (χ2v) is 11.1. The van der Waals surface area contributed by atoms with Gasteiger partial charge in [0.15, 0.2) is 0 Å². The molecule has 1 aromatic heterocycles. The van der Waals surface area contributed by atoms with Crippen molar-refractivity contribution in [2.75, 3.05) is 4.90 Å². The van der Waals surface area contributed by atoms with E-state index in [0.29, 0.717) is 0 Å². The van der Waals surface area contributed by atoms with Gasteiger partial charge in [0.25, 0.3) is 0 Å². The zero-order chi connectivity index (χ0) is 29.9. The van der Waals surface area contributed by atoms with Gasteiger partial charge in [-0.05, 0) is 67.9 Å². The predicted molar refractivity (Wildman–Crippen MR) is 186 cm³/mol. The average molecular weight is 568 g/mol. The van der Waals surface area contributed by atoms with Gasteiger partial charge < -0.3 is 4.90 Å². The van der Waals surface area contributed by atoms with Crippen LogP contribution < -0.4 is 4.90 Å². The molecule has 0 aliphatic rings. The topological polar surface area (TPSA) is 20.5 Å². The summed E-state index contributed by atoms with van der Waals surface area (Å²) in [6.07, 6.45) is 1.97. The Morgan fingerprint density at radius 1 is 0.477 bits per heavy atom. The zero-order valence-electron chi connectivity index (χ0n) is 24.9. The summed E-state index contributed by atoms with van der Waals surface area (Å²) in [5, 5.41) is 7.56. The number of anilines is 3. The quantitative estimate of drug-likeness (QED) is 0.175. The molecule has 6 aromatic carbocycles.